The van der Waals surface area contributed by atoms with Crippen LogP contribution < -0.4 is 0 Å². The van der Waals surface area contributed by atoms with Crippen molar-refractivity contribution in [3.8, 4) is 0 Å². The van der Waals surface area contributed by atoms with E-state index in [1.165, 1.54) is 0 Å². The molecule has 1 nitrogen and oxygen atoms in total. The molecule has 0 N–H and O–H groups in total. The summed E-state index contributed by atoms with van der Waals surface area (Å²) in [5, 5.41) is 0. The molecule has 0 saturated heterocycles. The summed E-state index contributed by atoms with van der Waals surface area (Å²) in [6.45, 7) is 8.18. The minimum Gasteiger partial charge on any atom is -0.265 e. The zero-order chi connectivity index (χ0) is 12.1. The molecule has 0 aromatic carbocycles. The lowest BCUT2D eigenvalue weighted by Crippen LogP contribution is -1.80. The van der Waals surface area contributed by atoms with E-state index in [0.717, 1.165) is 31.3 Å². The van der Waals surface area contributed by atoms with E-state index < -0.39 is 0 Å². The first-order valence-corrected chi connectivity index (χ1v) is 5.98. The normalized spacial score (nSPS) is 12.6. The van der Waals surface area contributed by atoms with E-state index in [1.807, 2.05) is 18.5 Å². The Kier molecular flexibility index (Phi) is 10.7. The van der Waals surface area contributed by atoms with Gasteiger partial charge in [0.2, 0.25) is 0 Å². The van der Waals surface area contributed by atoms with Crippen LogP contribution in [0.25, 0.3) is 0 Å². The van der Waals surface area contributed by atoms with Crippen LogP contribution in [-0.2, 0) is 0 Å². The summed E-state index contributed by atoms with van der Waals surface area (Å²) in [7, 11) is 0. The fraction of sp³-hybridized carbons (Fsp3) is 0.400. The molecular weight excluding hydrogens is 194 g/mol. The summed E-state index contributed by atoms with van der Waals surface area (Å²) in [6.07, 6.45) is 18.3. The van der Waals surface area contributed by atoms with E-state index in [0.29, 0.717) is 0 Å². The van der Waals surface area contributed by atoms with Crippen LogP contribution in [0.15, 0.2) is 53.7 Å². The molecule has 0 bridgehead atoms. The second-order valence-electron chi connectivity index (χ2n) is 3.53. The fourth-order valence-corrected chi connectivity index (χ4v) is 1.04. The van der Waals surface area contributed by atoms with Crippen molar-refractivity contribution >= 4 is 6.21 Å². The van der Waals surface area contributed by atoms with E-state index in [4.69, 9.17) is 0 Å². The number of hydrogen-bond acceptors (Lipinski definition) is 1. The fourth-order valence-electron chi connectivity index (χ4n) is 1.04. The summed E-state index contributed by atoms with van der Waals surface area (Å²) < 4.78 is 0. The van der Waals surface area contributed by atoms with Gasteiger partial charge in [-0.1, -0.05) is 50.8 Å². The Morgan fingerprint density at radius 3 is 2.44 bits per heavy atom. The third-order valence-corrected chi connectivity index (χ3v) is 1.94. The van der Waals surface area contributed by atoms with Crippen molar-refractivity contribution in [2.24, 2.45) is 4.99 Å². The van der Waals surface area contributed by atoms with Crippen LogP contribution in [0.4, 0.5) is 0 Å². The van der Waals surface area contributed by atoms with Gasteiger partial charge < -0.3 is 0 Å². The summed E-state index contributed by atoms with van der Waals surface area (Å²) >= 11 is 0. The van der Waals surface area contributed by atoms with Gasteiger partial charge in [0.25, 0.3) is 0 Å². The van der Waals surface area contributed by atoms with Crippen molar-refractivity contribution in [3.05, 3.63) is 48.7 Å². The van der Waals surface area contributed by atoms with Crippen LogP contribution in [0.5, 0.6) is 0 Å². The smallest absolute Gasteiger partial charge is 0.0293 e. The number of aliphatic imine (C=N–C) groups is 1. The van der Waals surface area contributed by atoms with Crippen molar-refractivity contribution in [3.63, 3.8) is 0 Å². The summed E-state index contributed by atoms with van der Waals surface area (Å²) in [6, 6.07) is 0. The van der Waals surface area contributed by atoms with E-state index in [1.54, 1.807) is 0 Å². The van der Waals surface area contributed by atoms with Crippen molar-refractivity contribution in [1.29, 1.82) is 0 Å². The van der Waals surface area contributed by atoms with Gasteiger partial charge in [-0.05, 0) is 31.3 Å². The summed E-state index contributed by atoms with van der Waals surface area (Å²) in [4.78, 5) is 4.15. The van der Waals surface area contributed by atoms with Crippen molar-refractivity contribution in [1.82, 2.24) is 0 Å². The van der Waals surface area contributed by atoms with E-state index >= 15 is 0 Å². The Hall–Kier alpha value is -1.37. The van der Waals surface area contributed by atoms with E-state index in [9.17, 15) is 0 Å². The van der Waals surface area contributed by atoms with Gasteiger partial charge in [-0.25, -0.2) is 0 Å². The SMILES string of the molecule is C=C(/C=N/C=C\CC)CC/C=C\C=C/CC. The lowest BCUT2D eigenvalue weighted by Gasteiger charge is -1.93. The van der Waals surface area contributed by atoms with Crippen LogP contribution in [0.1, 0.15) is 39.5 Å². The first kappa shape index (κ1) is 14.6. The third kappa shape index (κ3) is 10.7. The molecule has 0 atom stereocenters. The minimum atomic E-state index is 0.972. The maximum Gasteiger partial charge on any atom is 0.0293 e. The van der Waals surface area contributed by atoms with Crippen LogP contribution in [-0.4, -0.2) is 6.21 Å². The lowest BCUT2D eigenvalue weighted by molar-refractivity contribution is 1.03. The van der Waals surface area contributed by atoms with Crippen molar-refractivity contribution in [2.75, 3.05) is 0 Å². The molecular formula is C15H23N. The Morgan fingerprint density at radius 1 is 1.06 bits per heavy atom. The van der Waals surface area contributed by atoms with Crippen molar-refractivity contribution in [2.45, 2.75) is 39.5 Å². The summed E-state index contributed by atoms with van der Waals surface area (Å²) in [5.74, 6) is 0. The van der Waals surface area contributed by atoms with Gasteiger partial charge in [0.15, 0.2) is 0 Å². The second kappa shape index (κ2) is 11.7. The number of rotatable bonds is 8. The molecule has 0 unspecified atom stereocenters. The summed E-state index contributed by atoms with van der Waals surface area (Å²) in [5.41, 5.74) is 1.07. The zero-order valence-electron chi connectivity index (χ0n) is 10.5. The highest BCUT2D eigenvalue weighted by Crippen LogP contribution is 2.01. The molecule has 0 aromatic heterocycles. The quantitative estimate of drug-likeness (QED) is 0.407. The second-order valence-corrected chi connectivity index (χ2v) is 3.53. The first-order valence-electron chi connectivity index (χ1n) is 5.98. The highest BCUT2D eigenvalue weighted by Gasteiger charge is 1.86. The molecule has 0 amide bonds. The lowest BCUT2D eigenvalue weighted by atomic mass is 10.2. The van der Waals surface area contributed by atoms with Gasteiger partial charge >= 0.3 is 0 Å². The minimum absolute atomic E-state index is 0.972. The molecule has 0 aliphatic heterocycles. The number of allylic oxidation sites excluding steroid dienone is 6. The standard InChI is InChI=1S/C15H23N/c1-4-6-8-9-10-11-12-15(3)14-16-13-7-5-2/h6-10,13-14H,3-5,11-12H2,1-2H3/b8-6-,10-9-,13-7-,16-14+. The molecule has 0 heterocycles. The average Bonchev–Trinajstić information content (AvgIpc) is 2.29. The molecule has 1 heteroatoms. The van der Waals surface area contributed by atoms with Crippen LogP contribution in [0.2, 0.25) is 0 Å². The van der Waals surface area contributed by atoms with Crippen LogP contribution in [0, 0.1) is 0 Å². The van der Waals surface area contributed by atoms with Crippen molar-refractivity contribution < 1.29 is 0 Å². The Morgan fingerprint density at radius 2 is 1.75 bits per heavy atom. The molecule has 0 aromatic rings. The number of hydrogen-bond donors (Lipinski definition) is 0. The third-order valence-electron chi connectivity index (χ3n) is 1.94. The van der Waals surface area contributed by atoms with E-state index in [2.05, 4.69) is 49.7 Å². The Balaban J connectivity index is 3.65. The Bertz CT molecular complexity index is 280. The van der Waals surface area contributed by atoms with Gasteiger partial charge in [0.1, 0.15) is 0 Å². The van der Waals surface area contributed by atoms with Crippen LogP contribution in [0.3, 0.4) is 0 Å². The average molecular weight is 217 g/mol. The van der Waals surface area contributed by atoms with Gasteiger partial charge in [-0.15, -0.1) is 0 Å². The van der Waals surface area contributed by atoms with Gasteiger partial charge in [0, 0.05) is 12.4 Å². The monoisotopic (exact) mass is 217 g/mol. The van der Waals surface area contributed by atoms with Gasteiger partial charge in [-0.3, -0.25) is 4.99 Å². The largest absolute Gasteiger partial charge is 0.265 e. The zero-order valence-corrected chi connectivity index (χ0v) is 10.5. The maximum atomic E-state index is 4.15. The highest BCUT2D eigenvalue weighted by atomic mass is 14.7. The number of nitrogens with zero attached hydrogens (tertiary/aromatic N) is 1. The maximum absolute atomic E-state index is 4.15. The molecule has 0 aliphatic rings. The van der Waals surface area contributed by atoms with E-state index in [-0.39, 0.29) is 0 Å². The molecule has 0 spiro atoms. The molecule has 16 heavy (non-hydrogen) atoms. The molecule has 0 rings (SSSR count). The van der Waals surface area contributed by atoms with Gasteiger partial charge in [-0.2, -0.15) is 0 Å². The predicted octanol–water partition coefficient (Wildman–Crippen LogP) is 4.84. The molecule has 88 valence electrons. The Labute approximate surface area is 100.0 Å². The molecule has 0 saturated carbocycles. The molecule has 0 fully saturated rings. The topological polar surface area (TPSA) is 12.4 Å². The molecule has 0 aliphatic carbocycles. The van der Waals surface area contributed by atoms with Gasteiger partial charge in [0.05, 0.1) is 0 Å². The predicted molar refractivity (Wildman–Crippen MR) is 74.9 cm³/mol. The first-order chi connectivity index (χ1) is 7.81. The van der Waals surface area contributed by atoms with Crippen LogP contribution >= 0.6 is 0 Å². The molecule has 0 radical (unpaired) electrons. The highest BCUT2D eigenvalue weighted by molar-refractivity contribution is 5.77.